The molecular weight excluding hydrogens is 274 g/mol. The van der Waals surface area contributed by atoms with Gasteiger partial charge in [0.05, 0.1) is 0 Å². The fourth-order valence-corrected chi connectivity index (χ4v) is 1.51. The maximum absolute atomic E-state index is 12.2. The Hall–Kier alpha value is -1.79. The molecule has 0 bridgehead atoms. The Morgan fingerprint density at radius 1 is 1.14 bits per heavy atom. The van der Waals surface area contributed by atoms with Crippen LogP contribution in [0.2, 0.25) is 0 Å². The van der Waals surface area contributed by atoms with Crippen molar-refractivity contribution in [2.75, 3.05) is 0 Å². The topological polar surface area (TPSA) is 111 Å². The lowest BCUT2D eigenvalue weighted by Gasteiger charge is -2.27. The molecule has 0 fully saturated rings. The van der Waals surface area contributed by atoms with Crippen LogP contribution in [0, 0.1) is 5.92 Å². The summed E-state index contributed by atoms with van der Waals surface area (Å²) in [5, 5.41) is 5.02. The largest absolute Gasteiger partial charge is 0.444 e. The number of alkyl carbamates (subject to hydrolysis) is 1. The van der Waals surface area contributed by atoms with E-state index in [1.54, 1.807) is 20.8 Å². The van der Waals surface area contributed by atoms with E-state index in [0.29, 0.717) is 6.42 Å². The number of nitrogens with one attached hydrogen (secondary N) is 2. The molecule has 0 saturated heterocycles. The predicted molar refractivity (Wildman–Crippen MR) is 79.4 cm³/mol. The minimum absolute atomic E-state index is 0.113. The molecular formula is C14H27N3O4. The van der Waals surface area contributed by atoms with Gasteiger partial charge in [0.15, 0.2) is 0 Å². The predicted octanol–water partition coefficient (Wildman–Crippen LogP) is 0.916. The summed E-state index contributed by atoms with van der Waals surface area (Å²) in [6.07, 6.45) is 0.00781. The van der Waals surface area contributed by atoms with Gasteiger partial charge in [0, 0.05) is 0 Å². The molecule has 0 rings (SSSR count). The van der Waals surface area contributed by atoms with Gasteiger partial charge in [-0.15, -0.1) is 0 Å². The first-order chi connectivity index (χ1) is 9.47. The number of rotatable bonds is 6. The molecule has 0 aliphatic rings. The average Bonchev–Trinajstić information content (AvgIpc) is 2.32. The summed E-state index contributed by atoms with van der Waals surface area (Å²) in [6, 6.07) is -1.59. The second-order valence-electron chi connectivity index (χ2n) is 6.14. The first-order valence-corrected chi connectivity index (χ1v) is 7.07. The summed E-state index contributed by atoms with van der Waals surface area (Å²) in [6.45, 7) is 10.4. The van der Waals surface area contributed by atoms with Crippen molar-refractivity contribution in [1.82, 2.24) is 10.6 Å². The monoisotopic (exact) mass is 301 g/mol. The van der Waals surface area contributed by atoms with E-state index in [9.17, 15) is 14.4 Å². The molecule has 0 radical (unpaired) electrons. The number of hydrogen-bond acceptors (Lipinski definition) is 4. The second-order valence-corrected chi connectivity index (χ2v) is 6.14. The van der Waals surface area contributed by atoms with Gasteiger partial charge in [-0.25, -0.2) is 4.79 Å². The van der Waals surface area contributed by atoms with Crippen molar-refractivity contribution in [2.45, 2.75) is 65.6 Å². The Labute approximate surface area is 126 Å². The first kappa shape index (κ1) is 19.2. The number of carbonyl (C=O) groups excluding carboxylic acids is 3. The van der Waals surface area contributed by atoms with Gasteiger partial charge in [-0.3, -0.25) is 9.59 Å². The number of primary amides is 1. The first-order valence-electron chi connectivity index (χ1n) is 7.07. The average molecular weight is 301 g/mol. The molecule has 4 N–H and O–H groups in total. The Kier molecular flexibility index (Phi) is 7.18. The maximum Gasteiger partial charge on any atom is 0.408 e. The molecule has 0 aliphatic heterocycles. The third-order valence-electron chi connectivity index (χ3n) is 2.95. The smallest absolute Gasteiger partial charge is 0.408 e. The van der Waals surface area contributed by atoms with E-state index in [0.717, 1.165) is 0 Å². The number of ether oxygens (including phenoxy) is 1. The Balaban J connectivity index is 4.84. The van der Waals surface area contributed by atoms with Crippen LogP contribution in [0.25, 0.3) is 0 Å². The fourth-order valence-electron chi connectivity index (χ4n) is 1.51. The molecule has 0 unspecified atom stereocenters. The van der Waals surface area contributed by atoms with Crippen molar-refractivity contribution in [3.8, 4) is 0 Å². The van der Waals surface area contributed by atoms with Gasteiger partial charge in [-0.1, -0.05) is 20.3 Å². The summed E-state index contributed by atoms with van der Waals surface area (Å²) in [5.41, 5.74) is 4.46. The van der Waals surface area contributed by atoms with Crippen LogP contribution < -0.4 is 16.4 Å². The van der Waals surface area contributed by atoms with E-state index in [4.69, 9.17) is 10.5 Å². The molecule has 122 valence electrons. The molecule has 0 aliphatic carbocycles. The second kappa shape index (κ2) is 7.85. The molecule has 21 heavy (non-hydrogen) atoms. The van der Waals surface area contributed by atoms with E-state index < -0.39 is 35.6 Å². The van der Waals surface area contributed by atoms with E-state index in [1.807, 2.05) is 13.8 Å². The normalized spacial score (nSPS) is 15.5. The minimum Gasteiger partial charge on any atom is -0.444 e. The minimum atomic E-state index is -0.801. The number of hydrogen-bond donors (Lipinski definition) is 3. The zero-order valence-corrected chi connectivity index (χ0v) is 13.6. The summed E-state index contributed by atoms with van der Waals surface area (Å²) >= 11 is 0. The summed E-state index contributed by atoms with van der Waals surface area (Å²) in [4.78, 5) is 35.0. The van der Waals surface area contributed by atoms with Crippen LogP contribution in [-0.4, -0.2) is 35.6 Å². The van der Waals surface area contributed by atoms with E-state index in [2.05, 4.69) is 10.6 Å². The molecule has 7 heteroatoms. The highest BCUT2D eigenvalue weighted by molar-refractivity contribution is 5.90. The molecule has 0 saturated carbocycles. The van der Waals surface area contributed by atoms with Crippen molar-refractivity contribution < 1.29 is 19.1 Å². The number of amides is 3. The van der Waals surface area contributed by atoms with Crippen LogP contribution in [0.3, 0.4) is 0 Å². The molecule has 0 heterocycles. The fraction of sp³-hybridized carbons (Fsp3) is 0.786. The van der Waals surface area contributed by atoms with Crippen LogP contribution in [0.15, 0.2) is 0 Å². The van der Waals surface area contributed by atoms with Crippen LogP contribution in [0.4, 0.5) is 4.79 Å². The highest BCUT2D eigenvalue weighted by Crippen LogP contribution is 2.11. The van der Waals surface area contributed by atoms with Crippen molar-refractivity contribution in [2.24, 2.45) is 11.7 Å². The SMILES string of the molecule is CC[C@H](C)[C@@H](NC(=O)OC(C)(C)C)C(=O)N[C@@H](C)C(N)=O. The maximum atomic E-state index is 12.2. The van der Waals surface area contributed by atoms with Crippen LogP contribution in [0.5, 0.6) is 0 Å². The lowest BCUT2D eigenvalue weighted by Crippen LogP contribution is -2.54. The number of carbonyl (C=O) groups is 3. The van der Waals surface area contributed by atoms with Crippen molar-refractivity contribution in [3.63, 3.8) is 0 Å². The molecule has 0 spiro atoms. The van der Waals surface area contributed by atoms with Crippen molar-refractivity contribution in [1.29, 1.82) is 0 Å². The molecule has 0 aromatic carbocycles. The van der Waals surface area contributed by atoms with Crippen molar-refractivity contribution >= 4 is 17.9 Å². The summed E-state index contributed by atoms with van der Waals surface area (Å²) in [5.74, 6) is -1.21. The Morgan fingerprint density at radius 3 is 2.05 bits per heavy atom. The summed E-state index contributed by atoms with van der Waals surface area (Å²) < 4.78 is 5.14. The van der Waals surface area contributed by atoms with E-state index in [1.165, 1.54) is 6.92 Å². The van der Waals surface area contributed by atoms with E-state index >= 15 is 0 Å². The van der Waals surface area contributed by atoms with Gasteiger partial charge in [0.2, 0.25) is 11.8 Å². The molecule has 7 nitrogen and oxygen atoms in total. The zero-order valence-electron chi connectivity index (χ0n) is 13.6. The van der Waals surface area contributed by atoms with Crippen molar-refractivity contribution in [3.05, 3.63) is 0 Å². The van der Waals surface area contributed by atoms with Crippen LogP contribution >= 0.6 is 0 Å². The molecule has 0 aromatic rings. The lowest BCUT2D eigenvalue weighted by atomic mass is 9.98. The number of nitrogens with two attached hydrogens (primary N) is 1. The van der Waals surface area contributed by atoms with Gasteiger partial charge in [0.1, 0.15) is 17.7 Å². The third kappa shape index (κ3) is 7.53. The van der Waals surface area contributed by atoms with Gasteiger partial charge in [0.25, 0.3) is 0 Å². The molecule has 0 aromatic heterocycles. The highest BCUT2D eigenvalue weighted by Gasteiger charge is 2.29. The molecule has 3 atom stereocenters. The van der Waals surface area contributed by atoms with Crippen LogP contribution in [0.1, 0.15) is 48.0 Å². The van der Waals surface area contributed by atoms with Gasteiger partial charge < -0.3 is 21.1 Å². The molecule has 3 amide bonds. The van der Waals surface area contributed by atoms with Gasteiger partial charge in [-0.05, 0) is 33.6 Å². The zero-order chi connectivity index (χ0) is 16.8. The Bertz CT molecular complexity index is 390. The van der Waals surface area contributed by atoms with Crippen LogP contribution in [-0.2, 0) is 14.3 Å². The van der Waals surface area contributed by atoms with Gasteiger partial charge in [-0.2, -0.15) is 0 Å². The third-order valence-corrected chi connectivity index (χ3v) is 2.95. The summed E-state index contributed by atoms with van der Waals surface area (Å²) in [7, 11) is 0. The standard InChI is InChI=1S/C14H27N3O4/c1-7-8(2)10(12(19)16-9(3)11(15)18)17-13(20)21-14(4,5)6/h8-10H,7H2,1-6H3,(H2,15,18)(H,16,19)(H,17,20)/t8-,9-,10+/m0/s1. The highest BCUT2D eigenvalue weighted by atomic mass is 16.6. The lowest BCUT2D eigenvalue weighted by molar-refractivity contribution is -0.129. The van der Waals surface area contributed by atoms with E-state index in [-0.39, 0.29) is 5.92 Å². The Morgan fingerprint density at radius 2 is 1.67 bits per heavy atom. The van der Waals surface area contributed by atoms with Gasteiger partial charge >= 0.3 is 6.09 Å². The quantitative estimate of drug-likeness (QED) is 0.677.